The molecule has 0 aliphatic heterocycles. The number of anilines is 6. The van der Waals surface area contributed by atoms with Crippen LogP contribution in [0.3, 0.4) is 0 Å². The lowest BCUT2D eigenvalue weighted by molar-refractivity contribution is 0.669. The molecule has 0 fully saturated rings. The van der Waals surface area contributed by atoms with Crippen LogP contribution in [-0.2, 0) is 0 Å². The van der Waals surface area contributed by atoms with Gasteiger partial charge in [0.05, 0.1) is 0 Å². The Labute approximate surface area is 333 Å². The predicted molar refractivity (Wildman–Crippen MR) is 239 cm³/mol. The Morgan fingerprint density at radius 2 is 0.579 bits per heavy atom. The summed E-state index contributed by atoms with van der Waals surface area (Å²) in [4.78, 5) is 4.68. The first-order valence-corrected chi connectivity index (χ1v) is 19.3. The number of hydrogen-bond donors (Lipinski definition) is 0. The fraction of sp³-hybridized carbons (Fsp3) is 0. The quantitative estimate of drug-likeness (QED) is 0.147. The molecular weight excluding hydrogens is 693 g/mol. The van der Waals surface area contributed by atoms with Crippen molar-refractivity contribution in [1.29, 1.82) is 0 Å². The molecule has 1 aromatic heterocycles. The summed E-state index contributed by atoms with van der Waals surface area (Å²) in [5.41, 5.74) is 15.1. The van der Waals surface area contributed by atoms with Crippen LogP contribution < -0.4 is 9.80 Å². The number of para-hydroxylation sites is 4. The maximum Gasteiger partial charge on any atom is 0.135 e. The van der Waals surface area contributed by atoms with E-state index in [1.165, 1.54) is 11.1 Å². The summed E-state index contributed by atoms with van der Waals surface area (Å²) in [6.45, 7) is 0. The van der Waals surface area contributed by atoms with Crippen molar-refractivity contribution in [3.05, 3.63) is 231 Å². The van der Waals surface area contributed by atoms with Crippen LogP contribution in [0.1, 0.15) is 0 Å². The van der Waals surface area contributed by atoms with Gasteiger partial charge < -0.3 is 14.2 Å². The Bertz CT molecular complexity index is 2760. The molecule has 57 heavy (non-hydrogen) atoms. The minimum atomic E-state index is 0.885. The first kappa shape index (κ1) is 33.9. The lowest BCUT2D eigenvalue weighted by Gasteiger charge is -2.30. The number of hydrogen-bond acceptors (Lipinski definition) is 3. The van der Waals surface area contributed by atoms with E-state index in [0.717, 1.165) is 78.3 Å². The van der Waals surface area contributed by atoms with Gasteiger partial charge in [-0.1, -0.05) is 133 Å². The van der Waals surface area contributed by atoms with Gasteiger partial charge in [0.15, 0.2) is 0 Å². The summed E-state index contributed by atoms with van der Waals surface area (Å²) < 4.78 is 6.33. The maximum atomic E-state index is 6.33. The number of fused-ring (bicyclic) bond motifs is 3. The van der Waals surface area contributed by atoms with E-state index < -0.39 is 0 Å². The van der Waals surface area contributed by atoms with E-state index in [2.05, 4.69) is 240 Å². The third-order valence-electron chi connectivity index (χ3n) is 10.6. The molecule has 0 saturated heterocycles. The third kappa shape index (κ3) is 6.73. The molecule has 0 bridgehead atoms. The van der Waals surface area contributed by atoms with Crippen molar-refractivity contribution < 1.29 is 4.42 Å². The van der Waals surface area contributed by atoms with Crippen LogP contribution in [0.4, 0.5) is 34.1 Å². The summed E-state index contributed by atoms with van der Waals surface area (Å²) >= 11 is 0. The van der Waals surface area contributed by atoms with Crippen molar-refractivity contribution in [2.24, 2.45) is 0 Å². The molecule has 1 heterocycles. The lowest BCUT2D eigenvalue weighted by atomic mass is 9.96. The van der Waals surface area contributed by atoms with Gasteiger partial charge in [0, 0.05) is 44.9 Å². The van der Waals surface area contributed by atoms with Gasteiger partial charge in [0.2, 0.25) is 0 Å². The number of furan rings is 1. The fourth-order valence-electron chi connectivity index (χ4n) is 7.87. The number of rotatable bonds is 9. The van der Waals surface area contributed by atoms with E-state index in [1.807, 2.05) is 0 Å². The SMILES string of the molecule is c1ccc(-c2ccc3oc4ccc(-c5cccc(-c6cc(N(c7ccccc7)c7ccccc7)cc(N(c7ccccc7)c7ccccc7)c6)c5)cc4c3c2)cc1. The van der Waals surface area contributed by atoms with E-state index in [4.69, 9.17) is 4.42 Å². The Kier molecular flexibility index (Phi) is 8.86. The summed E-state index contributed by atoms with van der Waals surface area (Å²) in [5, 5.41) is 2.23. The average Bonchev–Trinajstić information content (AvgIpc) is 3.66. The van der Waals surface area contributed by atoms with Gasteiger partial charge in [-0.15, -0.1) is 0 Å². The van der Waals surface area contributed by atoms with Gasteiger partial charge in [-0.3, -0.25) is 0 Å². The van der Waals surface area contributed by atoms with Crippen LogP contribution >= 0.6 is 0 Å². The molecule has 0 atom stereocenters. The van der Waals surface area contributed by atoms with E-state index >= 15 is 0 Å². The van der Waals surface area contributed by atoms with Crippen LogP contribution in [0, 0.1) is 0 Å². The molecule has 10 rings (SSSR count). The Balaban J connectivity index is 1.14. The van der Waals surface area contributed by atoms with Crippen molar-refractivity contribution in [2.45, 2.75) is 0 Å². The van der Waals surface area contributed by atoms with Crippen molar-refractivity contribution in [1.82, 2.24) is 0 Å². The molecule has 0 spiro atoms. The van der Waals surface area contributed by atoms with Gasteiger partial charge in [0.1, 0.15) is 11.2 Å². The van der Waals surface area contributed by atoms with Crippen molar-refractivity contribution in [3.8, 4) is 33.4 Å². The second-order valence-electron chi connectivity index (χ2n) is 14.2. The van der Waals surface area contributed by atoms with E-state index in [9.17, 15) is 0 Å². The van der Waals surface area contributed by atoms with Crippen LogP contribution in [0.25, 0.3) is 55.3 Å². The minimum Gasteiger partial charge on any atom is -0.456 e. The summed E-state index contributed by atoms with van der Waals surface area (Å²) in [6, 6.07) is 81.8. The van der Waals surface area contributed by atoms with Gasteiger partial charge in [-0.2, -0.15) is 0 Å². The third-order valence-corrected chi connectivity index (χ3v) is 10.6. The summed E-state index contributed by atoms with van der Waals surface area (Å²) in [5.74, 6) is 0. The zero-order valence-electron chi connectivity index (χ0n) is 31.2. The first-order chi connectivity index (χ1) is 28.2. The fourth-order valence-corrected chi connectivity index (χ4v) is 7.87. The second-order valence-corrected chi connectivity index (χ2v) is 14.2. The molecule has 10 aromatic rings. The first-order valence-electron chi connectivity index (χ1n) is 19.3. The van der Waals surface area contributed by atoms with E-state index in [1.54, 1.807) is 0 Å². The molecule has 3 heteroatoms. The highest BCUT2D eigenvalue weighted by atomic mass is 16.3. The molecule has 0 N–H and O–H groups in total. The predicted octanol–water partition coefficient (Wildman–Crippen LogP) is 15.5. The Morgan fingerprint density at radius 3 is 1.02 bits per heavy atom. The smallest absolute Gasteiger partial charge is 0.135 e. The number of nitrogens with zero attached hydrogens (tertiary/aromatic N) is 2. The van der Waals surface area contributed by atoms with Crippen LogP contribution in [-0.4, -0.2) is 0 Å². The van der Waals surface area contributed by atoms with Crippen LogP contribution in [0.5, 0.6) is 0 Å². The molecular formula is C54H38N2O. The zero-order chi connectivity index (χ0) is 38.0. The second kappa shape index (κ2) is 14.9. The summed E-state index contributed by atoms with van der Waals surface area (Å²) in [6.07, 6.45) is 0. The van der Waals surface area contributed by atoms with Gasteiger partial charge in [-0.25, -0.2) is 0 Å². The number of benzene rings is 9. The standard InChI is InChI=1S/C54H38N2O/c1-6-17-39(18-7-1)42-29-31-53-51(36-42)52-37-43(30-32-54(52)57-53)40-19-16-20-41(33-40)44-34-49(55(45-21-8-2-9-22-45)46-23-10-3-11-24-46)38-50(35-44)56(47-25-12-4-13-26-47)48-27-14-5-15-28-48/h1-38H. The molecule has 9 aromatic carbocycles. The van der Waals surface area contributed by atoms with Gasteiger partial charge >= 0.3 is 0 Å². The lowest BCUT2D eigenvalue weighted by Crippen LogP contribution is -2.13. The summed E-state index contributed by atoms with van der Waals surface area (Å²) in [7, 11) is 0. The van der Waals surface area contributed by atoms with Crippen molar-refractivity contribution in [2.75, 3.05) is 9.80 Å². The Hall–Kier alpha value is -7.62. The van der Waals surface area contributed by atoms with E-state index in [0.29, 0.717) is 0 Å². The van der Waals surface area contributed by atoms with Crippen molar-refractivity contribution in [3.63, 3.8) is 0 Å². The minimum absolute atomic E-state index is 0.885. The zero-order valence-corrected chi connectivity index (χ0v) is 31.2. The molecule has 0 radical (unpaired) electrons. The molecule has 3 nitrogen and oxygen atoms in total. The highest BCUT2D eigenvalue weighted by Gasteiger charge is 2.20. The molecule has 0 aliphatic carbocycles. The highest BCUT2D eigenvalue weighted by molar-refractivity contribution is 6.07. The molecule has 0 saturated carbocycles. The van der Waals surface area contributed by atoms with Crippen LogP contribution in [0.15, 0.2) is 235 Å². The van der Waals surface area contributed by atoms with Crippen molar-refractivity contribution >= 4 is 56.1 Å². The van der Waals surface area contributed by atoms with Crippen LogP contribution in [0.2, 0.25) is 0 Å². The Morgan fingerprint density at radius 1 is 0.228 bits per heavy atom. The molecule has 0 amide bonds. The largest absolute Gasteiger partial charge is 0.456 e. The maximum absolute atomic E-state index is 6.33. The van der Waals surface area contributed by atoms with E-state index in [-0.39, 0.29) is 0 Å². The topological polar surface area (TPSA) is 19.6 Å². The molecule has 0 aliphatic rings. The normalized spacial score (nSPS) is 11.2. The monoisotopic (exact) mass is 730 g/mol. The highest BCUT2D eigenvalue weighted by Crippen LogP contribution is 2.44. The van der Waals surface area contributed by atoms with Gasteiger partial charge in [0.25, 0.3) is 0 Å². The van der Waals surface area contributed by atoms with Gasteiger partial charge in [-0.05, 0) is 130 Å². The molecule has 270 valence electrons. The average molecular weight is 731 g/mol. The molecule has 0 unspecified atom stereocenters.